The molecule has 5 heteroatoms. The number of nitrogens with zero attached hydrogens (tertiary/aromatic N) is 1. The van der Waals surface area contributed by atoms with Crippen LogP contribution in [-0.2, 0) is 4.74 Å². The van der Waals surface area contributed by atoms with Crippen molar-refractivity contribution in [3.63, 3.8) is 0 Å². The number of methoxy groups -OCH3 is 1. The molecule has 16 heavy (non-hydrogen) atoms. The molecule has 1 N–H and O–H groups in total. The summed E-state index contributed by atoms with van der Waals surface area (Å²) in [6, 6.07) is 6.48. The van der Waals surface area contributed by atoms with Gasteiger partial charge in [-0.3, -0.25) is 10.1 Å². The number of nitro benzene ring substituents is 1. The van der Waals surface area contributed by atoms with Gasteiger partial charge in [0.2, 0.25) is 0 Å². The third-order valence-corrected chi connectivity index (χ3v) is 2.16. The fraction of sp³-hybridized carbons (Fsp3) is 0.455. The average molecular weight is 224 g/mol. The Morgan fingerprint density at radius 1 is 1.56 bits per heavy atom. The summed E-state index contributed by atoms with van der Waals surface area (Å²) >= 11 is 0. The molecule has 0 aromatic heterocycles. The molecule has 0 spiro atoms. The molecule has 0 saturated heterocycles. The van der Waals surface area contributed by atoms with Gasteiger partial charge in [-0.05, 0) is 12.0 Å². The van der Waals surface area contributed by atoms with Crippen LogP contribution in [0.4, 0.5) is 11.4 Å². The number of nitro groups is 1. The molecule has 0 radical (unpaired) electrons. The first kappa shape index (κ1) is 12.4. The first-order valence-corrected chi connectivity index (χ1v) is 5.10. The Morgan fingerprint density at radius 2 is 2.31 bits per heavy atom. The molecule has 88 valence electrons. The highest BCUT2D eigenvalue weighted by molar-refractivity contribution is 5.50. The van der Waals surface area contributed by atoms with Crippen LogP contribution in [0.15, 0.2) is 24.3 Å². The number of rotatable bonds is 6. The molecular weight excluding hydrogens is 208 g/mol. The van der Waals surface area contributed by atoms with Crippen LogP contribution >= 0.6 is 0 Å². The minimum Gasteiger partial charge on any atom is -0.384 e. The zero-order chi connectivity index (χ0) is 12.0. The Balaban J connectivity index is 2.54. The van der Waals surface area contributed by atoms with Crippen LogP contribution in [0.2, 0.25) is 0 Å². The van der Waals surface area contributed by atoms with E-state index >= 15 is 0 Å². The van der Waals surface area contributed by atoms with Crippen LogP contribution in [0.5, 0.6) is 0 Å². The lowest BCUT2D eigenvalue weighted by Crippen LogP contribution is -2.15. The SMILES string of the molecule is COCC(C)CNc1cccc([N+](=O)[O-])c1. The summed E-state index contributed by atoms with van der Waals surface area (Å²) in [5, 5.41) is 13.7. The van der Waals surface area contributed by atoms with Crippen LogP contribution in [0.1, 0.15) is 6.92 Å². The number of benzene rings is 1. The lowest BCUT2D eigenvalue weighted by molar-refractivity contribution is -0.384. The van der Waals surface area contributed by atoms with E-state index in [0.717, 1.165) is 12.2 Å². The van der Waals surface area contributed by atoms with Gasteiger partial charge in [0.15, 0.2) is 0 Å². The number of hydrogen-bond donors (Lipinski definition) is 1. The molecule has 0 heterocycles. The van der Waals surface area contributed by atoms with Crippen LogP contribution in [-0.4, -0.2) is 25.2 Å². The average Bonchev–Trinajstić information content (AvgIpc) is 2.27. The molecular formula is C11H16N2O3. The molecule has 0 saturated carbocycles. The van der Waals surface area contributed by atoms with E-state index in [1.54, 1.807) is 13.2 Å². The quantitative estimate of drug-likeness (QED) is 0.594. The normalized spacial score (nSPS) is 12.1. The highest BCUT2D eigenvalue weighted by Crippen LogP contribution is 2.17. The molecule has 0 bridgehead atoms. The van der Waals surface area contributed by atoms with E-state index in [0.29, 0.717) is 12.5 Å². The van der Waals surface area contributed by atoms with Crippen molar-refractivity contribution in [3.8, 4) is 0 Å². The van der Waals surface area contributed by atoms with Gasteiger partial charge in [0.05, 0.1) is 11.5 Å². The highest BCUT2D eigenvalue weighted by Gasteiger charge is 2.06. The second kappa shape index (κ2) is 6.07. The van der Waals surface area contributed by atoms with Gasteiger partial charge in [0, 0.05) is 31.5 Å². The second-order valence-electron chi connectivity index (χ2n) is 3.75. The Morgan fingerprint density at radius 3 is 2.94 bits per heavy atom. The van der Waals surface area contributed by atoms with Gasteiger partial charge >= 0.3 is 0 Å². The lowest BCUT2D eigenvalue weighted by Gasteiger charge is -2.12. The molecule has 1 unspecified atom stereocenters. The lowest BCUT2D eigenvalue weighted by atomic mass is 10.2. The summed E-state index contributed by atoms with van der Waals surface area (Å²) in [6.45, 7) is 3.45. The summed E-state index contributed by atoms with van der Waals surface area (Å²) < 4.78 is 5.01. The van der Waals surface area contributed by atoms with E-state index in [2.05, 4.69) is 5.32 Å². The van der Waals surface area contributed by atoms with Gasteiger partial charge in [0.1, 0.15) is 0 Å². The third-order valence-electron chi connectivity index (χ3n) is 2.16. The highest BCUT2D eigenvalue weighted by atomic mass is 16.6. The van der Waals surface area contributed by atoms with Crippen LogP contribution in [0.3, 0.4) is 0 Å². The van der Waals surface area contributed by atoms with Crippen molar-refractivity contribution in [2.75, 3.05) is 25.6 Å². The number of ether oxygens (including phenoxy) is 1. The van der Waals surface area contributed by atoms with Crippen molar-refractivity contribution < 1.29 is 9.66 Å². The maximum absolute atomic E-state index is 10.6. The second-order valence-corrected chi connectivity index (χ2v) is 3.75. The van der Waals surface area contributed by atoms with E-state index < -0.39 is 4.92 Å². The van der Waals surface area contributed by atoms with Crippen molar-refractivity contribution in [2.45, 2.75) is 6.92 Å². The van der Waals surface area contributed by atoms with Crippen LogP contribution < -0.4 is 5.32 Å². The number of nitrogens with one attached hydrogen (secondary N) is 1. The Bertz CT molecular complexity index is 355. The molecule has 1 aromatic carbocycles. The number of non-ortho nitro benzene ring substituents is 1. The zero-order valence-corrected chi connectivity index (χ0v) is 9.47. The molecule has 1 aromatic rings. The van der Waals surface area contributed by atoms with Crippen molar-refractivity contribution in [2.24, 2.45) is 5.92 Å². The van der Waals surface area contributed by atoms with Gasteiger partial charge in [-0.2, -0.15) is 0 Å². The number of anilines is 1. The molecule has 1 rings (SSSR count). The Labute approximate surface area is 94.6 Å². The fourth-order valence-corrected chi connectivity index (χ4v) is 1.36. The van der Waals surface area contributed by atoms with Gasteiger partial charge in [0.25, 0.3) is 5.69 Å². The molecule has 0 amide bonds. The van der Waals surface area contributed by atoms with E-state index in [4.69, 9.17) is 4.74 Å². The standard InChI is InChI=1S/C11H16N2O3/c1-9(8-16-2)7-12-10-4-3-5-11(6-10)13(14)15/h3-6,9,12H,7-8H2,1-2H3. The van der Waals surface area contributed by atoms with Gasteiger partial charge in [-0.25, -0.2) is 0 Å². The van der Waals surface area contributed by atoms with Gasteiger partial charge < -0.3 is 10.1 Å². The first-order valence-electron chi connectivity index (χ1n) is 5.10. The summed E-state index contributed by atoms with van der Waals surface area (Å²) in [5.41, 5.74) is 0.863. The summed E-state index contributed by atoms with van der Waals surface area (Å²) in [5.74, 6) is 0.365. The van der Waals surface area contributed by atoms with Crippen molar-refractivity contribution in [3.05, 3.63) is 34.4 Å². The van der Waals surface area contributed by atoms with Crippen molar-refractivity contribution in [1.29, 1.82) is 0 Å². The summed E-state index contributed by atoms with van der Waals surface area (Å²) in [6.07, 6.45) is 0. The molecule has 1 atom stereocenters. The van der Waals surface area contributed by atoms with E-state index in [1.165, 1.54) is 12.1 Å². The Hall–Kier alpha value is -1.62. The van der Waals surface area contributed by atoms with Crippen LogP contribution in [0, 0.1) is 16.0 Å². The van der Waals surface area contributed by atoms with Crippen molar-refractivity contribution >= 4 is 11.4 Å². The minimum atomic E-state index is -0.399. The minimum absolute atomic E-state index is 0.101. The van der Waals surface area contributed by atoms with E-state index in [1.807, 2.05) is 13.0 Å². The predicted octanol–water partition coefficient (Wildman–Crippen LogP) is 2.29. The predicted molar refractivity (Wildman–Crippen MR) is 62.6 cm³/mol. The molecule has 0 aliphatic heterocycles. The maximum Gasteiger partial charge on any atom is 0.271 e. The summed E-state index contributed by atoms with van der Waals surface area (Å²) in [4.78, 5) is 10.2. The first-order chi connectivity index (χ1) is 7.63. The van der Waals surface area contributed by atoms with E-state index in [9.17, 15) is 10.1 Å². The number of hydrogen-bond acceptors (Lipinski definition) is 4. The zero-order valence-electron chi connectivity index (χ0n) is 9.47. The monoisotopic (exact) mass is 224 g/mol. The van der Waals surface area contributed by atoms with Gasteiger partial charge in [-0.1, -0.05) is 13.0 Å². The fourth-order valence-electron chi connectivity index (χ4n) is 1.36. The van der Waals surface area contributed by atoms with E-state index in [-0.39, 0.29) is 5.69 Å². The van der Waals surface area contributed by atoms with Gasteiger partial charge in [-0.15, -0.1) is 0 Å². The molecule has 0 aliphatic rings. The van der Waals surface area contributed by atoms with Crippen molar-refractivity contribution in [1.82, 2.24) is 0 Å². The smallest absolute Gasteiger partial charge is 0.271 e. The molecule has 0 fully saturated rings. The third kappa shape index (κ3) is 3.86. The Kier molecular flexibility index (Phi) is 4.72. The largest absolute Gasteiger partial charge is 0.384 e. The maximum atomic E-state index is 10.6. The van der Waals surface area contributed by atoms with Crippen LogP contribution in [0.25, 0.3) is 0 Å². The summed E-state index contributed by atoms with van der Waals surface area (Å²) in [7, 11) is 1.66. The molecule has 0 aliphatic carbocycles. The molecule has 5 nitrogen and oxygen atoms in total. The topological polar surface area (TPSA) is 64.4 Å².